The molecule has 0 spiro atoms. The van der Waals surface area contributed by atoms with Gasteiger partial charge in [0.25, 0.3) is 0 Å². The zero-order valence-corrected chi connectivity index (χ0v) is 15.7. The molecule has 6 nitrogen and oxygen atoms in total. The fraction of sp³-hybridized carbons (Fsp3) is 0.353. The number of hydrogen-bond donors (Lipinski definition) is 1. The summed E-state index contributed by atoms with van der Waals surface area (Å²) in [7, 11) is 1.33. The number of anilines is 1. The second-order valence-electron chi connectivity index (χ2n) is 5.64. The summed E-state index contributed by atoms with van der Waals surface area (Å²) in [5, 5.41) is 5.32. The number of urea groups is 1. The smallest absolute Gasteiger partial charge is 0.357 e. The maximum atomic E-state index is 12.6. The summed E-state index contributed by atoms with van der Waals surface area (Å²) in [5.74, 6) is -0.459. The number of rotatable bonds is 6. The van der Waals surface area contributed by atoms with E-state index in [0.29, 0.717) is 6.54 Å². The number of thioether (sulfide) groups is 1. The van der Waals surface area contributed by atoms with Crippen molar-refractivity contribution in [3.05, 3.63) is 40.3 Å². The van der Waals surface area contributed by atoms with Gasteiger partial charge in [-0.05, 0) is 43.4 Å². The fourth-order valence-electron chi connectivity index (χ4n) is 2.35. The summed E-state index contributed by atoms with van der Waals surface area (Å²) in [6.45, 7) is 0.390. The average molecular weight is 377 g/mol. The third kappa shape index (κ3) is 4.52. The number of hydrogen-bond acceptors (Lipinski definition) is 6. The average Bonchev–Trinajstić information content (AvgIpc) is 3.37. The lowest BCUT2D eigenvalue weighted by atomic mass is 10.3. The Morgan fingerprint density at radius 2 is 2.08 bits per heavy atom. The lowest BCUT2D eigenvalue weighted by molar-refractivity contribution is 0.0594. The van der Waals surface area contributed by atoms with Crippen molar-refractivity contribution in [2.75, 3.05) is 18.7 Å². The molecule has 1 fully saturated rings. The first-order valence-corrected chi connectivity index (χ1v) is 9.95. The van der Waals surface area contributed by atoms with Crippen molar-refractivity contribution in [1.29, 1.82) is 0 Å². The van der Waals surface area contributed by atoms with E-state index in [4.69, 9.17) is 0 Å². The maximum Gasteiger partial charge on any atom is 0.357 e. The van der Waals surface area contributed by atoms with Crippen LogP contribution in [0.5, 0.6) is 0 Å². The molecule has 0 bridgehead atoms. The van der Waals surface area contributed by atoms with Gasteiger partial charge in [-0.3, -0.25) is 0 Å². The molecule has 1 heterocycles. The minimum atomic E-state index is -0.459. The van der Waals surface area contributed by atoms with E-state index in [2.05, 4.69) is 15.0 Å². The molecule has 3 rings (SSSR count). The number of carbonyl (C=O) groups is 2. The van der Waals surface area contributed by atoms with Gasteiger partial charge in [0.15, 0.2) is 5.69 Å². The molecule has 25 heavy (non-hydrogen) atoms. The Labute approximate surface area is 154 Å². The lowest BCUT2D eigenvalue weighted by Crippen LogP contribution is -2.36. The van der Waals surface area contributed by atoms with Gasteiger partial charge in [-0.25, -0.2) is 14.6 Å². The van der Waals surface area contributed by atoms with E-state index in [1.54, 1.807) is 22.0 Å². The van der Waals surface area contributed by atoms with Crippen LogP contribution in [0.3, 0.4) is 0 Å². The quantitative estimate of drug-likeness (QED) is 0.612. The largest absolute Gasteiger partial charge is 0.464 e. The van der Waals surface area contributed by atoms with Crippen molar-refractivity contribution in [2.24, 2.45) is 0 Å². The summed E-state index contributed by atoms with van der Waals surface area (Å²) in [6, 6.07) is 7.84. The Hall–Kier alpha value is -2.06. The monoisotopic (exact) mass is 377 g/mol. The summed E-state index contributed by atoms with van der Waals surface area (Å²) >= 11 is 3.02. The van der Waals surface area contributed by atoms with Crippen molar-refractivity contribution in [3.8, 4) is 0 Å². The Balaban J connectivity index is 1.66. The lowest BCUT2D eigenvalue weighted by Gasteiger charge is -2.21. The maximum absolute atomic E-state index is 12.6. The van der Waals surface area contributed by atoms with Gasteiger partial charge in [0, 0.05) is 22.0 Å². The Morgan fingerprint density at radius 1 is 1.36 bits per heavy atom. The highest BCUT2D eigenvalue weighted by Crippen LogP contribution is 2.30. The van der Waals surface area contributed by atoms with E-state index in [9.17, 15) is 9.59 Å². The van der Waals surface area contributed by atoms with Gasteiger partial charge in [-0.2, -0.15) is 0 Å². The molecule has 132 valence electrons. The SMILES string of the molecule is COC(=O)c1csc(CN(C(=O)Nc2ccc(SC)cc2)C2CC2)n1. The molecule has 2 amide bonds. The molecule has 1 aromatic carbocycles. The molecular formula is C17H19N3O3S2. The Morgan fingerprint density at radius 3 is 2.68 bits per heavy atom. The Kier molecular flexibility index (Phi) is 5.60. The van der Waals surface area contributed by atoms with Gasteiger partial charge in [0.1, 0.15) is 5.01 Å². The minimum absolute atomic E-state index is 0.144. The van der Waals surface area contributed by atoms with Crippen LogP contribution in [0.4, 0.5) is 10.5 Å². The second kappa shape index (κ2) is 7.88. The zero-order valence-electron chi connectivity index (χ0n) is 14.0. The number of methoxy groups -OCH3 is 1. The van der Waals surface area contributed by atoms with Crippen LogP contribution < -0.4 is 5.32 Å². The minimum Gasteiger partial charge on any atom is -0.464 e. The molecular weight excluding hydrogens is 358 g/mol. The van der Waals surface area contributed by atoms with Crippen molar-refractivity contribution in [2.45, 2.75) is 30.3 Å². The van der Waals surface area contributed by atoms with Gasteiger partial charge >= 0.3 is 12.0 Å². The third-order valence-corrected chi connectivity index (χ3v) is 5.42. The van der Waals surface area contributed by atoms with E-state index >= 15 is 0 Å². The molecule has 1 saturated carbocycles. The molecule has 0 atom stereocenters. The van der Waals surface area contributed by atoms with Crippen LogP contribution in [0.15, 0.2) is 34.5 Å². The molecule has 0 radical (unpaired) electrons. The van der Waals surface area contributed by atoms with E-state index in [-0.39, 0.29) is 17.8 Å². The third-order valence-electron chi connectivity index (χ3n) is 3.84. The number of amides is 2. The topological polar surface area (TPSA) is 71.5 Å². The zero-order chi connectivity index (χ0) is 17.8. The highest BCUT2D eigenvalue weighted by atomic mass is 32.2. The molecule has 1 aliphatic rings. The number of nitrogens with zero attached hydrogens (tertiary/aromatic N) is 2. The van der Waals surface area contributed by atoms with Crippen LogP contribution >= 0.6 is 23.1 Å². The van der Waals surface area contributed by atoms with Crippen molar-refractivity contribution < 1.29 is 14.3 Å². The van der Waals surface area contributed by atoms with E-state index < -0.39 is 5.97 Å². The molecule has 0 saturated heterocycles. The second-order valence-corrected chi connectivity index (χ2v) is 7.46. The Bertz CT molecular complexity index is 757. The highest BCUT2D eigenvalue weighted by molar-refractivity contribution is 7.98. The number of thiazole rings is 1. The van der Waals surface area contributed by atoms with Gasteiger partial charge < -0.3 is 15.0 Å². The predicted octanol–water partition coefficient (Wildman–Crippen LogP) is 3.85. The fourth-order valence-corrected chi connectivity index (χ4v) is 3.52. The van der Waals surface area contributed by atoms with Gasteiger partial charge in [-0.1, -0.05) is 0 Å². The van der Waals surface area contributed by atoms with E-state index in [1.807, 2.05) is 30.5 Å². The van der Waals surface area contributed by atoms with E-state index in [0.717, 1.165) is 28.4 Å². The molecule has 1 N–H and O–H groups in total. The first kappa shape index (κ1) is 17.8. The van der Waals surface area contributed by atoms with Crippen molar-refractivity contribution in [1.82, 2.24) is 9.88 Å². The number of ether oxygens (including phenoxy) is 1. The van der Waals surface area contributed by atoms with Gasteiger partial charge in [0.05, 0.1) is 13.7 Å². The number of aromatic nitrogens is 1. The first-order valence-electron chi connectivity index (χ1n) is 7.85. The number of carbonyl (C=O) groups excluding carboxylic acids is 2. The molecule has 0 unspecified atom stereocenters. The standard InChI is InChI=1S/C17H19N3O3S2/c1-23-16(21)14-10-25-15(19-14)9-20(12-5-6-12)17(22)18-11-3-7-13(24-2)8-4-11/h3-4,7-8,10,12H,5-6,9H2,1-2H3,(H,18,22). The summed E-state index contributed by atoms with van der Waals surface area (Å²) < 4.78 is 4.67. The number of benzene rings is 1. The number of nitrogens with one attached hydrogen (secondary N) is 1. The summed E-state index contributed by atoms with van der Waals surface area (Å²) in [4.78, 5) is 31.3. The molecule has 1 aromatic heterocycles. The molecule has 0 aliphatic heterocycles. The summed E-state index contributed by atoms with van der Waals surface area (Å²) in [6.07, 6.45) is 4.00. The summed E-state index contributed by atoms with van der Waals surface area (Å²) in [5.41, 5.74) is 1.05. The van der Waals surface area contributed by atoms with Crippen LogP contribution in [-0.4, -0.2) is 41.3 Å². The molecule has 1 aliphatic carbocycles. The van der Waals surface area contributed by atoms with Crippen LogP contribution in [0.25, 0.3) is 0 Å². The normalized spacial score (nSPS) is 13.4. The van der Waals surface area contributed by atoms with Gasteiger partial charge in [-0.15, -0.1) is 23.1 Å². The van der Waals surface area contributed by atoms with Crippen molar-refractivity contribution >= 4 is 40.8 Å². The number of esters is 1. The van der Waals surface area contributed by atoms with Gasteiger partial charge in [0.2, 0.25) is 0 Å². The van der Waals surface area contributed by atoms with Crippen LogP contribution in [0.2, 0.25) is 0 Å². The molecule has 8 heteroatoms. The highest BCUT2D eigenvalue weighted by Gasteiger charge is 2.33. The van der Waals surface area contributed by atoms with Crippen LogP contribution in [0, 0.1) is 0 Å². The first-order chi connectivity index (χ1) is 12.1. The van der Waals surface area contributed by atoms with E-state index in [1.165, 1.54) is 18.4 Å². The van der Waals surface area contributed by atoms with Crippen LogP contribution in [0.1, 0.15) is 28.3 Å². The predicted molar refractivity (Wildman–Crippen MR) is 99.3 cm³/mol. The van der Waals surface area contributed by atoms with Crippen molar-refractivity contribution in [3.63, 3.8) is 0 Å². The molecule has 2 aromatic rings. The van der Waals surface area contributed by atoms with Crippen LogP contribution in [-0.2, 0) is 11.3 Å².